The summed E-state index contributed by atoms with van der Waals surface area (Å²) in [6.07, 6.45) is 5.49. The maximum absolute atomic E-state index is 4.42. The van der Waals surface area contributed by atoms with Gasteiger partial charge in [0.25, 0.3) is 0 Å². The van der Waals surface area contributed by atoms with E-state index in [-0.39, 0.29) is 22.5 Å². The molecule has 3 rings (SSSR count). The second-order valence-corrected chi connectivity index (χ2v) is 5.11. The molecule has 0 spiro atoms. The molecule has 3 aromatic rings. The van der Waals surface area contributed by atoms with Crippen molar-refractivity contribution in [2.45, 2.75) is 19.6 Å². The Balaban J connectivity index is 0.00000144. The molecule has 0 unspecified atom stereocenters. The second kappa shape index (κ2) is 10.6. The SMILES string of the molecule is [Cu+2].[OH3+].c1ccc(CN(Cc2ccccn2)Cc2ccccn2)nc1. The Morgan fingerprint density at radius 3 is 1.17 bits per heavy atom. The van der Waals surface area contributed by atoms with Gasteiger partial charge in [0, 0.05) is 38.2 Å². The van der Waals surface area contributed by atoms with Crippen molar-refractivity contribution < 1.29 is 22.5 Å². The summed E-state index contributed by atoms with van der Waals surface area (Å²) in [5.41, 5.74) is 3.15. The smallest absolute Gasteiger partial charge is 0.457 e. The minimum Gasteiger partial charge on any atom is -0.457 e. The molecular formula is C18H21CuN4O+3. The van der Waals surface area contributed by atoms with E-state index in [0.29, 0.717) is 0 Å². The van der Waals surface area contributed by atoms with E-state index < -0.39 is 0 Å². The van der Waals surface area contributed by atoms with E-state index in [0.717, 1.165) is 36.7 Å². The van der Waals surface area contributed by atoms with Crippen LogP contribution in [0.2, 0.25) is 0 Å². The third-order valence-electron chi connectivity index (χ3n) is 3.34. The fraction of sp³-hybridized carbons (Fsp3) is 0.167. The van der Waals surface area contributed by atoms with Crippen LogP contribution in [0.4, 0.5) is 0 Å². The van der Waals surface area contributed by atoms with E-state index in [9.17, 15) is 0 Å². The number of hydrogen-bond donors (Lipinski definition) is 0. The van der Waals surface area contributed by atoms with Crippen molar-refractivity contribution in [2.75, 3.05) is 0 Å². The van der Waals surface area contributed by atoms with E-state index >= 15 is 0 Å². The summed E-state index contributed by atoms with van der Waals surface area (Å²) in [5, 5.41) is 0. The third-order valence-corrected chi connectivity index (χ3v) is 3.34. The molecule has 0 amide bonds. The topological polar surface area (TPSA) is 74.9 Å². The number of nitrogens with zero attached hydrogens (tertiary/aromatic N) is 4. The van der Waals surface area contributed by atoms with Gasteiger partial charge in [-0.15, -0.1) is 0 Å². The predicted molar refractivity (Wildman–Crippen MR) is 90.5 cm³/mol. The second-order valence-electron chi connectivity index (χ2n) is 5.11. The van der Waals surface area contributed by atoms with Crippen LogP contribution in [0.3, 0.4) is 0 Å². The number of rotatable bonds is 6. The normalized spacial score (nSPS) is 9.88. The Bertz CT molecular complexity index is 584. The van der Waals surface area contributed by atoms with Crippen LogP contribution in [-0.4, -0.2) is 19.9 Å². The predicted octanol–water partition coefficient (Wildman–Crippen LogP) is 2.15. The van der Waals surface area contributed by atoms with Crippen LogP contribution in [-0.2, 0) is 42.2 Å². The molecular weight excluding hydrogens is 352 g/mol. The average Bonchev–Trinajstić information content (AvgIpc) is 2.57. The molecule has 127 valence electrons. The quantitative estimate of drug-likeness (QED) is 0.490. The van der Waals surface area contributed by atoms with E-state index in [1.54, 1.807) is 0 Å². The van der Waals surface area contributed by atoms with E-state index in [4.69, 9.17) is 0 Å². The van der Waals surface area contributed by atoms with Crippen LogP contribution in [0.1, 0.15) is 17.1 Å². The molecule has 0 saturated heterocycles. The number of hydrogen-bond acceptors (Lipinski definition) is 4. The minimum atomic E-state index is 0. The van der Waals surface area contributed by atoms with Gasteiger partial charge in [0.1, 0.15) is 0 Å². The molecule has 0 saturated carbocycles. The van der Waals surface area contributed by atoms with Crippen LogP contribution in [0, 0.1) is 0 Å². The molecule has 0 aliphatic rings. The van der Waals surface area contributed by atoms with Gasteiger partial charge in [0.05, 0.1) is 17.1 Å². The van der Waals surface area contributed by atoms with Gasteiger partial charge in [-0.2, -0.15) is 0 Å². The van der Waals surface area contributed by atoms with Crippen LogP contribution in [0.5, 0.6) is 0 Å². The first-order valence-corrected chi connectivity index (χ1v) is 7.32. The first-order valence-electron chi connectivity index (χ1n) is 7.32. The standard InChI is InChI=1S/C18H18N4.Cu.H2O/c1-4-10-19-16(7-1)13-22(14-17-8-2-5-11-20-17)15-18-9-3-6-12-21-18;;/h1-12H,13-15H2;;1H2/q;+2;/p+1. The van der Waals surface area contributed by atoms with Crippen molar-refractivity contribution in [2.24, 2.45) is 0 Å². The number of pyridine rings is 3. The van der Waals surface area contributed by atoms with Gasteiger partial charge in [0.2, 0.25) is 0 Å². The van der Waals surface area contributed by atoms with Gasteiger partial charge in [-0.1, -0.05) is 18.2 Å². The molecule has 0 fully saturated rings. The van der Waals surface area contributed by atoms with Crippen molar-refractivity contribution in [1.29, 1.82) is 0 Å². The molecule has 0 aliphatic heterocycles. The molecule has 0 atom stereocenters. The van der Waals surface area contributed by atoms with Gasteiger partial charge >= 0.3 is 17.1 Å². The van der Waals surface area contributed by atoms with E-state index in [1.165, 1.54) is 0 Å². The van der Waals surface area contributed by atoms with Crippen LogP contribution in [0.25, 0.3) is 0 Å². The van der Waals surface area contributed by atoms with Crippen LogP contribution in [0.15, 0.2) is 73.2 Å². The van der Waals surface area contributed by atoms with E-state index in [2.05, 4.69) is 19.9 Å². The molecule has 1 radical (unpaired) electrons. The maximum Gasteiger partial charge on any atom is 2.00 e. The molecule has 3 aromatic heterocycles. The van der Waals surface area contributed by atoms with Crippen molar-refractivity contribution >= 4 is 0 Å². The monoisotopic (exact) mass is 372 g/mol. The summed E-state index contributed by atoms with van der Waals surface area (Å²) in [4.78, 5) is 15.6. The zero-order chi connectivity index (χ0) is 15.0. The van der Waals surface area contributed by atoms with Crippen molar-refractivity contribution in [1.82, 2.24) is 19.9 Å². The molecule has 0 aromatic carbocycles. The molecule has 24 heavy (non-hydrogen) atoms. The third kappa shape index (κ3) is 6.18. The minimum absolute atomic E-state index is 0. The van der Waals surface area contributed by atoms with Crippen molar-refractivity contribution in [3.8, 4) is 0 Å². The molecule has 0 aliphatic carbocycles. The van der Waals surface area contributed by atoms with Gasteiger partial charge < -0.3 is 5.48 Å². The van der Waals surface area contributed by atoms with Crippen molar-refractivity contribution in [3.05, 3.63) is 90.3 Å². The summed E-state index contributed by atoms with van der Waals surface area (Å²) in [5.74, 6) is 0. The van der Waals surface area contributed by atoms with Crippen LogP contribution < -0.4 is 0 Å². The Hall–Kier alpha value is -2.11. The summed E-state index contributed by atoms with van der Waals surface area (Å²) < 4.78 is 0. The zero-order valence-corrected chi connectivity index (χ0v) is 14.2. The first kappa shape index (κ1) is 19.9. The summed E-state index contributed by atoms with van der Waals surface area (Å²) >= 11 is 0. The molecule has 5 nitrogen and oxygen atoms in total. The zero-order valence-electron chi connectivity index (χ0n) is 13.2. The molecule has 3 N–H and O–H groups in total. The summed E-state index contributed by atoms with van der Waals surface area (Å²) in [7, 11) is 0. The molecule has 3 heterocycles. The Kier molecular flexibility index (Phi) is 8.82. The van der Waals surface area contributed by atoms with Gasteiger partial charge in [0.15, 0.2) is 0 Å². The van der Waals surface area contributed by atoms with Gasteiger partial charge in [-0.05, 0) is 36.4 Å². The molecule has 0 bridgehead atoms. The van der Waals surface area contributed by atoms with Crippen molar-refractivity contribution in [3.63, 3.8) is 0 Å². The van der Waals surface area contributed by atoms with Gasteiger partial charge in [-0.3, -0.25) is 19.9 Å². The van der Waals surface area contributed by atoms with Gasteiger partial charge in [-0.25, -0.2) is 0 Å². The average molecular weight is 373 g/mol. The maximum atomic E-state index is 4.42. The number of aromatic nitrogens is 3. The molecule has 6 heteroatoms. The Morgan fingerprint density at radius 1 is 0.583 bits per heavy atom. The Labute approximate surface area is 152 Å². The fourth-order valence-corrected chi connectivity index (χ4v) is 2.33. The first-order chi connectivity index (χ1) is 10.9. The summed E-state index contributed by atoms with van der Waals surface area (Å²) in [6, 6.07) is 18.0. The van der Waals surface area contributed by atoms with Crippen LogP contribution >= 0.6 is 0 Å². The van der Waals surface area contributed by atoms with E-state index in [1.807, 2.05) is 73.2 Å². The fourth-order valence-electron chi connectivity index (χ4n) is 2.33. The summed E-state index contributed by atoms with van der Waals surface area (Å²) in [6.45, 7) is 2.32. The Morgan fingerprint density at radius 2 is 0.917 bits per heavy atom. The largest absolute Gasteiger partial charge is 2.00 e.